The highest BCUT2D eigenvalue weighted by atomic mass is 32.1. The number of hydrogen-bond acceptors (Lipinski definition) is 5. The van der Waals surface area contributed by atoms with Gasteiger partial charge in [0.25, 0.3) is 0 Å². The lowest BCUT2D eigenvalue weighted by Crippen LogP contribution is -2.08. The molecule has 0 saturated carbocycles. The quantitative estimate of drug-likeness (QED) is 0.859. The molecule has 0 aliphatic rings. The molecular formula is C13H17N5S. The molecule has 0 aliphatic heterocycles. The lowest BCUT2D eigenvalue weighted by atomic mass is 9.98. The zero-order valence-electron chi connectivity index (χ0n) is 11.6. The molecule has 0 unspecified atom stereocenters. The Bertz CT molecular complexity index is 596. The second kappa shape index (κ2) is 5.49. The fourth-order valence-electron chi connectivity index (χ4n) is 2.10. The van der Waals surface area contributed by atoms with Crippen molar-refractivity contribution in [1.29, 1.82) is 5.26 Å². The molecule has 6 heteroatoms. The zero-order valence-corrected chi connectivity index (χ0v) is 12.5. The molecule has 0 amide bonds. The summed E-state index contributed by atoms with van der Waals surface area (Å²) >= 11 is 1.58. The molecule has 0 saturated heterocycles. The standard InChI is InChI=1S/C13H17N5S/c1-5-10(6-2)12-11(7-14)16-17-18(12)13-15-8(3)9(4)19-13/h10H,5-6H2,1-4H3. The van der Waals surface area contributed by atoms with Gasteiger partial charge in [-0.3, -0.25) is 0 Å². The first-order valence-electron chi connectivity index (χ1n) is 6.42. The minimum Gasteiger partial charge on any atom is -0.223 e. The molecule has 0 N–H and O–H groups in total. The fourth-order valence-corrected chi connectivity index (χ4v) is 2.97. The van der Waals surface area contributed by atoms with E-state index >= 15 is 0 Å². The third-order valence-corrected chi connectivity index (χ3v) is 4.43. The molecule has 0 bridgehead atoms. The number of aromatic nitrogens is 4. The van der Waals surface area contributed by atoms with E-state index in [0.717, 1.165) is 29.4 Å². The van der Waals surface area contributed by atoms with Crippen molar-refractivity contribution in [3.63, 3.8) is 0 Å². The van der Waals surface area contributed by atoms with Crippen LogP contribution in [0.1, 0.15) is 54.6 Å². The molecule has 2 rings (SSSR count). The van der Waals surface area contributed by atoms with Gasteiger partial charge in [0.15, 0.2) is 5.69 Å². The van der Waals surface area contributed by atoms with Gasteiger partial charge in [-0.05, 0) is 26.7 Å². The smallest absolute Gasteiger partial charge is 0.212 e. The Labute approximate surface area is 116 Å². The van der Waals surface area contributed by atoms with Crippen LogP contribution in [0.5, 0.6) is 0 Å². The van der Waals surface area contributed by atoms with Gasteiger partial charge in [-0.1, -0.05) is 30.4 Å². The molecule has 2 heterocycles. The summed E-state index contributed by atoms with van der Waals surface area (Å²) in [6, 6.07) is 2.14. The van der Waals surface area contributed by atoms with E-state index in [1.165, 1.54) is 4.88 Å². The number of rotatable bonds is 4. The van der Waals surface area contributed by atoms with Gasteiger partial charge in [0.2, 0.25) is 5.13 Å². The van der Waals surface area contributed by atoms with Gasteiger partial charge in [0.1, 0.15) is 6.07 Å². The Morgan fingerprint density at radius 3 is 2.47 bits per heavy atom. The van der Waals surface area contributed by atoms with Gasteiger partial charge in [-0.2, -0.15) is 9.94 Å². The van der Waals surface area contributed by atoms with E-state index in [1.54, 1.807) is 16.0 Å². The van der Waals surface area contributed by atoms with Crippen molar-refractivity contribution < 1.29 is 0 Å². The van der Waals surface area contributed by atoms with Crippen LogP contribution in [0.15, 0.2) is 0 Å². The number of thiazole rings is 1. The molecule has 0 aliphatic carbocycles. The summed E-state index contributed by atoms with van der Waals surface area (Å²) in [5, 5.41) is 18.1. The number of hydrogen-bond donors (Lipinski definition) is 0. The lowest BCUT2D eigenvalue weighted by Gasteiger charge is -2.12. The van der Waals surface area contributed by atoms with Crippen molar-refractivity contribution in [2.24, 2.45) is 0 Å². The summed E-state index contributed by atoms with van der Waals surface area (Å²) in [7, 11) is 0. The van der Waals surface area contributed by atoms with Gasteiger partial charge in [0.05, 0.1) is 11.4 Å². The first kappa shape index (κ1) is 13.7. The van der Waals surface area contributed by atoms with Crippen LogP contribution in [0, 0.1) is 25.2 Å². The Balaban J connectivity index is 2.58. The van der Waals surface area contributed by atoms with Crippen molar-refractivity contribution in [2.75, 3.05) is 0 Å². The van der Waals surface area contributed by atoms with Crippen LogP contribution in [-0.2, 0) is 0 Å². The predicted molar refractivity (Wildman–Crippen MR) is 74.5 cm³/mol. The van der Waals surface area contributed by atoms with Gasteiger partial charge in [0, 0.05) is 10.8 Å². The first-order chi connectivity index (χ1) is 9.12. The molecule has 0 atom stereocenters. The molecular weight excluding hydrogens is 258 g/mol. The third-order valence-electron chi connectivity index (χ3n) is 3.38. The van der Waals surface area contributed by atoms with Crippen LogP contribution < -0.4 is 0 Å². The fraction of sp³-hybridized carbons (Fsp3) is 0.538. The summed E-state index contributed by atoms with van der Waals surface area (Å²) in [6.07, 6.45) is 1.92. The second-order valence-electron chi connectivity index (χ2n) is 4.50. The summed E-state index contributed by atoms with van der Waals surface area (Å²) in [4.78, 5) is 5.68. The van der Waals surface area contributed by atoms with E-state index < -0.39 is 0 Å². The van der Waals surface area contributed by atoms with Gasteiger partial charge < -0.3 is 0 Å². The highest BCUT2D eigenvalue weighted by Crippen LogP contribution is 2.29. The van der Waals surface area contributed by atoms with Crippen LogP contribution >= 0.6 is 11.3 Å². The second-order valence-corrected chi connectivity index (χ2v) is 5.68. The maximum absolute atomic E-state index is 9.20. The summed E-state index contributed by atoms with van der Waals surface area (Å²) in [6.45, 7) is 8.25. The monoisotopic (exact) mass is 275 g/mol. The van der Waals surface area contributed by atoms with Gasteiger partial charge in [-0.25, -0.2) is 4.98 Å². The highest BCUT2D eigenvalue weighted by molar-refractivity contribution is 7.14. The van der Waals surface area contributed by atoms with E-state index in [4.69, 9.17) is 0 Å². The zero-order chi connectivity index (χ0) is 14.0. The maximum Gasteiger partial charge on any atom is 0.212 e. The Hall–Kier alpha value is -1.74. The number of nitriles is 1. The van der Waals surface area contributed by atoms with Crippen LogP contribution in [0.25, 0.3) is 5.13 Å². The van der Waals surface area contributed by atoms with Crippen molar-refractivity contribution in [3.05, 3.63) is 22.0 Å². The normalized spacial score (nSPS) is 10.9. The first-order valence-corrected chi connectivity index (χ1v) is 7.24. The van der Waals surface area contributed by atoms with E-state index in [0.29, 0.717) is 5.69 Å². The Morgan fingerprint density at radius 1 is 1.32 bits per heavy atom. The summed E-state index contributed by atoms with van der Waals surface area (Å²) < 4.78 is 1.74. The minimum atomic E-state index is 0.286. The molecule has 0 radical (unpaired) electrons. The topological polar surface area (TPSA) is 67.4 Å². The summed E-state index contributed by atoms with van der Waals surface area (Å²) in [5.41, 5.74) is 2.31. The van der Waals surface area contributed by atoms with Crippen LogP contribution in [-0.4, -0.2) is 20.0 Å². The molecule has 19 heavy (non-hydrogen) atoms. The number of nitrogens with zero attached hydrogens (tertiary/aromatic N) is 5. The molecule has 0 spiro atoms. The Kier molecular flexibility index (Phi) is 3.96. The van der Waals surface area contributed by atoms with E-state index in [2.05, 4.69) is 35.2 Å². The van der Waals surface area contributed by atoms with Gasteiger partial charge in [-0.15, -0.1) is 5.10 Å². The van der Waals surface area contributed by atoms with Gasteiger partial charge >= 0.3 is 0 Å². The number of aryl methyl sites for hydroxylation is 2. The molecule has 2 aromatic heterocycles. The average molecular weight is 275 g/mol. The summed E-state index contributed by atoms with van der Waals surface area (Å²) in [5.74, 6) is 0.286. The molecule has 5 nitrogen and oxygen atoms in total. The van der Waals surface area contributed by atoms with Crippen molar-refractivity contribution in [2.45, 2.75) is 46.5 Å². The van der Waals surface area contributed by atoms with Crippen molar-refractivity contribution in [1.82, 2.24) is 20.0 Å². The van der Waals surface area contributed by atoms with Crippen molar-refractivity contribution in [3.8, 4) is 11.2 Å². The minimum absolute atomic E-state index is 0.286. The predicted octanol–water partition coefficient (Wildman–Crippen LogP) is 3.12. The average Bonchev–Trinajstić information content (AvgIpc) is 2.96. The Morgan fingerprint density at radius 2 is 2.00 bits per heavy atom. The highest BCUT2D eigenvalue weighted by Gasteiger charge is 2.22. The molecule has 0 fully saturated rings. The van der Waals surface area contributed by atoms with E-state index in [1.807, 2.05) is 13.8 Å². The third kappa shape index (κ3) is 2.38. The van der Waals surface area contributed by atoms with Crippen LogP contribution in [0.4, 0.5) is 0 Å². The maximum atomic E-state index is 9.20. The lowest BCUT2D eigenvalue weighted by molar-refractivity contribution is 0.593. The molecule has 0 aromatic carbocycles. The largest absolute Gasteiger partial charge is 0.223 e. The van der Waals surface area contributed by atoms with E-state index in [-0.39, 0.29) is 5.92 Å². The molecule has 2 aromatic rings. The molecule has 100 valence electrons. The van der Waals surface area contributed by atoms with Crippen LogP contribution in [0.3, 0.4) is 0 Å². The van der Waals surface area contributed by atoms with E-state index in [9.17, 15) is 5.26 Å². The van der Waals surface area contributed by atoms with Crippen LogP contribution in [0.2, 0.25) is 0 Å². The SMILES string of the molecule is CCC(CC)c1c(C#N)nnn1-c1nc(C)c(C)s1. The van der Waals surface area contributed by atoms with Crippen molar-refractivity contribution >= 4 is 11.3 Å².